The summed E-state index contributed by atoms with van der Waals surface area (Å²) in [5, 5.41) is 96.9. The van der Waals surface area contributed by atoms with Crippen molar-refractivity contribution < 1.29 is 83.9 Å². The highest BCUT2D eigenvalue weighted by Crippen LogP contribution is 2.71. The lowest BCUT2D eigenvalue weighted by Gasteiger charge is -2.60. The van der Waals surface area contributed by atoms with Crippen LogP contribution in [0.4, 0.5) is 0 Å². The van der Waals surface area contributed by atoms with E-state index in [1.54, 1.807) is 6.92 Å². The molecule has 0 radical (unpaired) electrons. The summed E-state index contributed by atoms with van der Waals surface area (Å²) < 4.78 is 50.8. The molecule has 1 unspecified atom stereocenters. The molecule has 0 aromatic carbocycles. The Bertz CT molecular complexity index is 1590. The predicted octanol–water partition coefficient (Wildman–Crippen LogP) is -0.176. The Labute approximate surface area is 357 Å². The largest absolute Gasteiger partial charge is 0.394 e. The molecule has 1 spiro atoms. The Balaban J connectivity index is 1.01. The Morgan fingerprint density at radius 2 is 1.48 bits per heavy atom. The van der Waals surface area contributed by atoms with E-state index in [0.29, 0.717) is 30.1 Å². The monoisotopic (exact) mass is 870 g/mol. The highest BCUT2D eigenvalue weighted by molar-refractivity contribution is 5.29. The van der Waals surface area contributed by atoms with E-state index in [1.165, 1.54) is 0 Å². The van der Waals surface area contributed by atoms with Gasteiger partial charge < -0.3 is 83.9 Å². The molecule has 0 aromatic rings. The lowest BCUT2D eigenvalue weighted by Crippen LogP contribution is -2.67. The number of ether oxygens (including phenoxy) is 8. The van der Waals surface area contributed by atoms with Gasteiger partial charge >= 0.3 is 0 Å². The van der Waals surface area contributed by atoms with Gasteiger partial charge in [0, 0.05) is 24.2 Å². The Hall–Kier alpha value is -0.940. The molecule has 17 nitrogen and oxygen atoms in total. The molecule has 0 aromatic heterocycles. The van der Waals surface area contributed by atoms with Gasteiger partial charge in [0.1, 0.15) is 61.0 Å². The summed E-state index contributed by atoms with van der Waals surface area (Å²) >= 11 is 0. The molecule has 5 saturated heterocycles. The first-order valence-electron chi connectivity index (χ1n) is 22.9. The molecule has 17 heteroatoms. The van der Waals surface area contributed by atoms with E-state index < -0.39 is 116 Å². The van der Waals surface area contributed by atoms with Crippen molar-refractivity contribution in [1.82, 2.24) is 0 Å². The Kier molecular flexibility index (Phi) is 12.4. The van der Waals surface area contributed by atoms with Crippen molar-refractivity contribution in [3.63, 3.8) is 0 Å². The number of hydrogen-bond acceptors (Lipinski definition) is 17. The smallest absolute Gasteiger partial charge is 0.187 e. The maximum Gasteiger partial charge on any atom is 0.187 e. The molecule has 8 fully saturated rings. The number of aliphatic hydroxyl groups excluding tert-OH is 9. The van der Waals surface area contributed by atoms with Crippen molar-refractivity contribution in [2.75, 3.05) is 19.8 Å². The molecule has 9 rings (SSSR count). The minimum atomic E-state index is -1.83. The molecule has 26 atom stereocenters. The zero-order chi connectivity index (χ0) is 43.5. The summed E-state index contributed by atoms with van der Waals surface area (Å²) in [5.41, 5.74) is 0.602. The molecule has 9 N–H and O–H groups in total. The van der Waals surface area contributed by atoms with Crippen LogP contribution in [0.25, 0.3) is 0 Å². The first kappa shape index (κ1) is 45.2. The van der Waals surface area contributed by atoms with Crippen molar-refractivity contribution in [3.05, 3.63) is 11.6 Å². The van der Waals surface area contributed by atoms with Crippen molar-refractivity contribution in [1.29, 1.82) is 0 Å². The summed E-state index contributed by atoms with van der Waals surface area (Å²) in [6, 6.07) is 0. The molecule has 4 aliphatic carbocycles. The number of rotatable bonds is 7. The minimum Gasteiger partial charge on any atom is -0.394 e. The third kappa shape index (κ3) is 7.32. The van der Waals surface area contributed by atoms with Crippen LogP contribution in [0.15, 0.2) is 11.6 Å². The summed E-state index contributed by atoms with van der Waals surface area (Å²) in [7, 11) is 0. The second kappa shape index (κ2) is 16.7. The molecular formula is C44H70O17. The van der Waals surface area contributed by atoms with Gasteiger partial charge in [-0.2, -0.15) is 0 Å². The molecule has 3 saturated carbocycles. The lowest BCUT2D eigenvalue weighted by molar-refractivity contribution is -0.392. The van der Waals surface area contributed by atoms with Crippen LogP contribution >= 0.6 is 0 Å². The maximum atomic E-state index is 11.6. The van der Waals surface area contributed by atoms with Crippen LogP contribution in [0.5, 0.6) is 0 Å². The number of fused-ring (bicyclic) bond motifs is 7. The average Bonchev–Trinajstić information content (AvgIpc) is 3.68. The van der Waals surface area contributed by atoms with Crippen LogP contribution in [0, 0.1) is 46.3 Å². The summed E-state index contributed by atoms with van der Waals surface area (Å²) in [4.78, 5) is 0. The molecule has 61 heavy (non-hydrogen) atoms. The fourth-order valence-corrected chi connectivity index (χ4v) is 13.8. The van der Waals surface area contributed by atoms with Crippen LogP contribution in [0.2, 0.25) is 0 Å². The van der Waals surface area contributed by atoms with Crippen LogP contribution in [0.1, 0.15) is 86.0 Å². The van der Waals surface area contributed by atoms with Gasteiger partial charge in [0.2, 0.25) is 0 Å². The third-order valence-electron chi connectivity index (χ3n) is 17.4. The van der Waals surface area contributed by atoms with Gasteiger partial charge in [0.15, 0.2) is 24.7 Å². The predicted molar refractivity (Wildman–Crippen MR) is 210 cm³/mol. The van der Waals surface area contributed by atoms with Crippen molar-refractivity contribution in [2.45, 2.75) is 196 Å². The standard InChI is InChI=1S/C44H70O17/c1-18-8-11-44(55-16-18)19(2)30-27(61-44)14-25-23-7-6-21-12-22(46)13-29(43(21,5)24(23)9-10-42(25,30)4)58-41-38(60-40-36(53)34(51)33(50)28(15-45)57-40)37(31(48)20(3)56-41)59-39-35(52)32(49)26(47)17-54-39/h6,18-20,22-41,45-53H,7-17H2,1-5H3/t18-,19+,20-,22-,23-,24+,25+,26-,27+,28-,29-,30+,31+,32+,33-,34+,35-,36-,37+,38-,39+,40+,41?,42+,43+,44-/m1/s1. The highest BCUT2D eigenvalue weighted by atomic mass is 16.8. The van der Waals surface area contributed by atoms with E-state index in [1.807, 2.05) is 0 Å². The maximum absolute atomic E-state index is 11.6. The van der Waals surface area contributed by atoms with Crippen molar-refractivity contribution in [3.8, 4) is 0 Å². The Morgan fingerprint density at radius 3 is 2.20 bits per heavy atom. The van der Waals surface area contributed by atoms with Gasteiger partial charge in [-0.05, 0) is 80.5 Å². The lowest BCUT2D eigenvalue weighted by atomic mass is 9.46. The van der Waals surface area contributed by atoms with E-state index in [4.69, 9.17) is 37.9 Å². The van der Waals surface area contributed by atoms with Gasteiger partial charge in [-0.15, -0.1) is 0 Å². The van der Waals surface area contributed by atoms with Crippen molar-refractivity contribution in [2.24, 2.45) is 46.3 Å². The molecule has 0 bridgehead atoms. The zero-order valence-corrected chi connectivity index (χ0v) is 35.9. The van der Waals surface area contributed by atoms with E-state index >= 15 is 0 Å². The number of hydrogen-bond donors (Lipinski definition) is 9. The SMILES string of the molecule is C[C@@H]1CC[C@@]2(OC1)O[C@H]1C[C@H]3[C@@H]4CC=C5C[C@@H](O)C[C@@H](OC6O[C@H](C)[C@H](O)[C@H](O[C@@H]7OC[C@@H](O)[C@H](O)[C@H]7O)[C@H]6O[C@@H]6O[C@H](CO)[C@@H](O)[C@H](O)[C@H]6O)[C@]5(C)[C@H]4CC[C@]3(C)[C@H]1[C@@H]2C. The van der Waals surface area contributed by atoms with Gasteiger partial charge in [0.25, 0.3) is 0 Å². The third-order valence-corrected chi connectivity index (χ3v) is 17.4. The summed E-state index contributed by atoms with van der Waals surface area (Å²) in [5.74, 6) is 1.55. The molecule has 0 amide bonds. The van der Waals surface area contributed by atoms with Gasteiger partial charge in [0.05, 0.1) is 44.2 Å². The fourth-order valence-electron chi connectivity index (χ4n) is 13.8. The second-order valence-electron chi connectivity index (χ2n) is 20.7. The second-order valence-corrected chi connectivity index (χ2v) is 20.7. The van der Waals surface area contributed by atoms with Gasteiger partial charge in [-0.25, -0.2) is 0 Å². The number of aliphatic hydroxyl groups is 9. The summed E-state index contributed by atoms with van der Waals surface area (Å²) in [6.07, 6.45) is -13.7. The topological polar surface area (TPSA) is 256 Å². The van der Waals surface area contributed by atoms with Crippen molar-refractivity contribution >= 4 is 0 Å². The molecular weight excluding hydrogens is 800 g/mol. The summed E-state index contributed by atoms with van der Waals surface area (Å²) in [6.45, 7) is 10.5. The zero-order valence-electron chi connectivity index (χ0n) is 35.9. The first-order chi connectivity index (χ1) is 28.9. The van der Waals surface area contributed by atoms with Gasteiger partial charge in [-0.1, -0.05) is 39.3 Å². The Morgan fingerprint density at radius 1 is 0.738 bits per heavy atom. The van der Waals surface area contributed by atoms with Crippen LogP contribution < -0.4 is 0 Å². The molecule has 5 aliphatic heterocycles. The molecule has 9 aliphatic rings. The average molecular weight is 871 g/mol. The number of allylic oxidation sites excluding steroid dienone is 1. The fraction of sp³-hybridized carbons (Fsp3) is 0.955. The normalized spacial score (nSPS) is 58.4. The highest BCUT2D eigenvalue weighted by Gasteiger charge is 2.70. The minimum absolute atomic E-state index is 0.0513. The van der Waals surface area contributed by atoms with Crippen LogP contribution in [0.3, 0.4) is 0 Å². The van der Waals surface area contributed by atoms with Gasteiger partial charge in [-0.3, -0.25) is 0 Å². The quantitative estimate of drug-likeness (QED) is 0.151. The van der Waals surface area contributed by atoms with Crippen LogP contribution in [-0.4, -0.2) is 176 Å². The first-order valence-corrected chi connectivity index (χ1v) is 22.9. The molecule has 5 heterocycles. The van der Waals surface area contributed by atoms with E-state index in [-0.39, 0.29) is 36.4 Å². The van der Waals surface area contributed by atoms with Crippen LogP contribution in [-0.2, 0) is 37.9 Å². The van der Waals surface area contributed by atoms with E-state index in [2.05, 4.69) is 33.8 Å². The van der Waals surface area contributed by atoms with E-state index in [9.17, 15) is 46.0 Å². The van der Waals surface area contributed by atoms with E-state index in [0.717, 1.165) is 50.7 Å². The molecule has 348 valence electrons.